The lowest BCUT2D eigenvalue weighted by Crippen LogP contribution is -2.28. The van der Waals surface area contributed by atoms with Gasteiger partial charge in [-0.2, -0.15) is 0 Å². The Bertz CT molecular complexity index is 362. The van der Waals surface area contributed by atoms with Crippen LogP contribution in [-0.4, -0.2) is 23.5 Å². The Morgan fingerprint density at radius 2 is 1.82 bits per heavy atom. The minimum absolute atomic E-state index is 0.194. The topological polar surface area (TPSA) is 66.4 Å². The lowest BCUT2D eigenvalue weighted by atomic mass is 10.1. The normalized spacial score (nSPS) is 9.88. The molecule has 1 aromatic rings. The Kier molecular flexibility index (Phi) is 5.79. The van der Waals surface area contributed by atoms with E-state index >= 15 is 0 Å². The van der Waals surface area contributed by atoms with Gasteiger partial charge < -0.3 is 10.4 Å². The van der Waals surface area contributed by atoms with Crippen LogP contribution in [0.5, 0.6) is 0 Å². The molecular formula is C13H17NO3. The summed E-state index contributed by atoms with van der Waals surface area (Å²) in [6.45, 7) is -0.294. The van der Waals surface area contributed by atoms with Crippen LogP contribution in [0.25, 0.3) is 0 Å². The molecule has 1 rings (SSSR count). The molecule has 0 aliphatic heterocycles. The van der Waals surface area contributed by atoms with Crippen LogP contribution in [0.1, 0.15) is 24.8 Å². The zero-order valence-electron chi connectivity index (χ0n) is 9.69. The number of carbonyl (C=O) groups is 2. The summed E-state index contributed by atoms with van der Waals surface area (Å²) >= 11 is 0. The number of carboxylic acids is 1. The molecular weight excluding hydrogens is 218 g/mol. The van der Waals surface area contributed by atoms with Gasteiger partial charge in [-0.1, -0.05) is 30.3 Å². The molecule has 4 nitrogen and oxygen atoms in total. The fourth-order valence-electron chi connectivity index (χ4n) is 1.52. The van der Waals surface area contributed by atoms with Crippen LogP contribution >= 0.6 is 0 Å². The van der Waals surface area contributed by atoms with E-state index in [1.54, 1.807) is 0 Å². The van der Waals surface area contributed by atoms with Gasteiger partial charge in [0, 0.05) is 6.42 Å². The van der Waals surface area contributed by atoms with Crippen molar-refractivity contribution in [1.29, 1.82) is 0 Å². The van der Waals surface area contributed by atoms with Crippen LogP contribution in [0.3, 0.4) is 0 Å². The van der Waals surface area contributed by atoms with E-state index in [1.807, 2.05) is 18.2 Å². The lowest BCUT2D eigenvalue weighted by Gasteiger charge is -2.02. The van der Waals surface area contributed by atoms with Crippen LogP contribution in [0.4, 0.5) is 0 Å². The van der Waals surface area contributed by atoms with Crippen LogP contribution in [0.2, 0.25) is 0 Å². The van der Waals surface area contributed by atoms with Crippen LogP contribution in [0, 0.1) is 0 Å². The molecule has 0 aromatic heterocycles. The Labute approximate surface area is 101 Å². The minimum Gasteiger partial charge on any atom is -0.480 e. The van der Waals surface area contributed by atoms with Gasteiger partial charge in [-0.15, -0.1) is 0 Å². The summed E-state index contributed by atoms with van der Waals surface area (Å²) in [5, 5.41) is 10.7. The molecule has 0 aliphatic rings. The largest absolute Gasteiger partial charge is 0.480 e. The molecule has 0 spiro atoms. The van der Waals surface area contributed by atoms with Crippen LogP contribution in [-0.2, 0) is 16.0 Å². The monoisotopic (exact) mass is 235 g/mol. The quantitative estimate of drug-likeness (QED) is 0.705. The summed E-state index contributed by atoms with van der Waals surface area (Å²) in [5.41, 5.74) is 1.26. The van der Waals surface area contributed by atoms with Gasteiger partial charge in [-0.3, -0.25) is 9.59 Å². The Morgan fingerprint density at radius 1 is 1.12 bits per heavy atom. The zero-order chi connectivity index (χ0) is 12.5. The number of aryl methyl sites for hydroxylation is 1. The summed E-state index contributed by atoms with van der Waals surface area (Å²) < 4.78 is 0. The highest BCUT2D eigenvalue weighted by Gasteiger charge is 2.03. The van der Waals surface area contributed by atoms with Gasteiger partial charge in [0.05, 0.1) is 0 Å². The van der Waals surface area contributed by atoms with Crippen molar-refractivity contribution in [3.8, 4) is 0 Å². The average molecular weight is 235 g/mol. The maximum Gasteiger partial charge on any atom is 0.322 e. The predicted molar refractivity (Wildman–Crippen MR) is 64.6 cm³/mol. The molecule has 0 saturated carbocycles. The Morgan fingerprint density at radius 3 is 2.47 bits per heavy atom. The molecule has 0 fully saturated rings. The molecule has 0 heterocycles. The molecule has 0 bridgehead atoms. The van der Waals surface area contributed by atoms with Gasteiger partial charge >= 0.3 is 5.97 Å². The van der Waals surface area contributed by atoms with Crippen molar-refractivity contribution in [1.82, 2.24) is 5.32 Å². The number of hydrogen-bond acceptors (Lipinski definition) is 2. The van der Waals surface area contributed by atoms with Gasteiger partial charge in [0.2, 0.25) is 5.91 Å². The molecule has 92 valence electrons. The van der Waals surface area contributed by atoms with E-state index in [9.17, 15) is 9.59 Å². The number of rotatable bonds is 7. The molecule has 1 amide bonds. The molecule has 0 saturated heterocycles. The second-order valence-corrected chi connectivity index (χ2v) is 3.86. The minimum atomic E-state index is -1.01. The maximum atomic E-state index is 11.2. The summed E-state index contributed by atoms with van der Waals surface area (Å²) in [7, 11) is 0. The fourth-order valence-corrected chi connectivity index (χ4v) is 1.52. The van der Waals surface area contributed by atoms with E-state index in [2.05, 4.69) is 17.4 Å². The SMILES string of the molecule is O=C(O)CNC(=O)CCCCc1ccccc1. The smallest absolute Gasteiger partial charge is 0.322 e. The second kappa shape index (κ2) is 7.44. The van der Waals surface area contributed by atoms with E-state index in [-0.39, 0.29) is 12.5 Å². The number of amides is 1. The van der Waals surface area contributed by atoms with Crippen molar-refractivity contribution in [2.45, 2.75) is 25.7 Å². The number of hydrogen-bond donors (Lipinski definition) is 2. The number of carbonyl (C=O) groups excluding carboxylic acids is 1. The second-order valence-electron chi connectivity index (χ2n) is 3.86. The van der Waals surface area contributed by atoms with Crippen molar-refractivity contribution in [3.05, 3.63) is 35.9 Å². The van der Waals surface area contributed by atoms with E-state index in [0.29, 0.717) is 6.42 Å². The van der Waals surface area contributed by atoms with Gasteiger partial charge in [0.25, 0.3) is 0 Å². The highest BCUT2D eigenvalue weighted by molar-refractivity contribution is 5.80. The molecule has 4 heteroatoms. The third kappa shape index (κ3) is 6.35. The summed E-state index contributed by atoms with van der Waals surface area (Å²) in [6.07, 6.45) is 3.05. The van der Waals surface area contributed by atoms with Crippen molar-refractivity contribution >= 4 is 11.9 Å². The first-order valence-electron chi connectivity index (χ1n) is 5.71. The third-order valence-electron chi connectivity index (χ3n) is 2.40. The Balaban J connectivity index is 2.08. The first-order valence-corrected chi connectivity index (χ1v) is 5.71. The van der Waals surface area contributed by atoms with Gasteiger partial charge in [-0.25, -0.2) is 0 Å². The molecule has 0 radical (unpaired) electrons. The van der Waals surface area contributed by atoms with Gasteiger partial charge in [-0.05, 0) is 24.8 Å². The number of aliphatic carboxylic acids is 1. The van der Waals surface area contributed by atoms with Crippen molar-refractivity contribution in [2.75, 3.05) is 6.54 Å². The first kappa shape index (κ1) is 13.2. The van der Waals surface area contributed by atoms with Crippen molar-refractivity contribution in [3.63, 3.8) is 0 Å². The maximum absolute atomic E-state index is 11.2. The van der Waals surface area contributed by atoms with Crippen LogP contribution < -0.4 is 5.32 Å². The standard InChI is InChI=1S/C13H17NO3/c15-12(14-10-13(16)17)9-5-4-8-11-6-2-1-3-7-11/h1-3,6-7H,4-5,8-10H2,(H,14,15)(H,16,17). The number of carboxylic acid groups (broad SMARTS) is 1. The van der Waals surface area contributed by atoms with Crippen molar-refractivity contribution in [2.24, 2.45) is 0 Å². The third-order valence-corrected chi connectivity index (χ3v) is 2.40. The number of unbranched alkanes of at least 4 members (excludes halogenated alkanes) is 1. The molecule has 2 N–H and O–H groups in total. The summed E-state index contributed by atoms with van der Waals surface area (Å²) in [6, 6.07) is 10.1. The highest BCUT2D eigenvalue weighted by atomic mass is 16.4. The Hall–Kier alpha value is -1.84. The van der Waals surface area contributed by atoms with Gasteiger partial charge in [0.15, 0.2) is 0 Å². The van der Waals surface area contributed by atoms with Gasteiger partial charge in [0.1, 0.15) is 6.54 Å². The van der Waals surface area contributed by atoms with E-state index in [4.69, 9.17) is 5.11 Å². The van der Waals surface area contributed by atoms with Crippen LogP contribution in [0.15, 0.2) is 30.3 Å². The predicted octanol–water partition coefficient (Wildman–Crippen LogP) is 1.60. The van der Waals surface area contributed by atoms with E-state index in [0.717, 1.165) is 19.3 Å². The summed E-state index contributed by atoms with van der Waals surface area (Å²) in [5.74, 6) is -1.21. The summed E-state index contributed by atoms with van der Waals surface area (Å²) in [4.78, 5) is 21.4. The molecule has 0 atom stereocenters. The molecule has 0 aliphatic carbocycles. The number of nitrogens with one attached hydrogen (secondary N) is 1. The highest BCUT2D eigenvalue weighted by Crippen LogP contribution is 2.05. The van der Waals surface area contributed by atoms with E-state index < -0.39 is 5.97 Å². The number of benzene rings is 1. The zero-order valence-corrected chi connectivity index (χ0v) is 9.69. The average Bonchev–Trinajstić information content (AvgIpc) is 2.33. The molecule has 17 heavy (non-hydrogen) atoms. The first-order chi connectivity index (χ1) is 8.18. The molecule has 1 aromatic carbocycles. The molecule has 0 unspecified atom stereocenters. The lowest BCUT2D eigenvalue weighted by molar-refractivity contribution is -0.137. The van der Waals surface area contributed by atoms with Crippen molar-refractivity contribution < 1.29 is 14.7 Å². The van der Waals surface area contributed by atoms with E-state index in [1.165, 1.54) is 5.56 Å². The fraction of sp³-hybridized carbons (Fsp3) is 0.385.